The summed E-state index contributed by atoms with van der Waals surface area (Å²) in [7, 11) is 1.97. The summed E-state index contributed by atoms with van der Waals surface area (Å²) in [5.41, 5.74) is -1.31. The van der Waals surface area contributed by atoms with Crippen molar-refractivity contribution in [1.29, 1.82) is 0 Å². The summed E-state index contributed by atoms with van der Waals surface area (Å²) in [4.78, 5) is 13.7. The molecule has 34 heavy (non-hydrogen) atoms. The lowest BCUT2D eigenvalue weighted by Gasteiger charge is -2.39. The van der Waals surface area contributed by atoms with Crippen molar-refractivity contribution in [2.45, 2.75) is 87.1 Å². The van der Waals surface area contributed by atoms with Gasteiger partial charge in [0, 0.05) is 12.5 Å². The topological polar surface area (TPSA) is 61.4 Å². The molecule has 0 rings (SSSR count). The molecule has 0 aliphatic carbocycles. The highest BCUT2D eigenvalue weighted by atomic mass is 16.2. The summed E-state index contributed by atoms with van der Waals surface area (Å²) in [6, 6.07) is 0. The van der Waals surface area contributed by atoms with Crippen molar-refractivity contribution >= 4 is 5.91 Å². The molecular formula is C30H50N2O2. The fraction of sp³-hybridized carbons (Fsp3) is 0.633. The van der Waals surface area contributed by atoms with Crippen LogP contribution in [0.3, 0.4) is 0 Å². The number of allylic oxidation sites excluding steroid dienone is 4. The molecule has 1 unspecified atom stereocenters. The zero-order valence-electron chi connectivity index (χ0n) is 23.4. The molecule has 0 spiro atoms. The monoisotopic (exact) mass is 470 g/mol. The Morgan fingerprint density at radius 3 is 1.79 bits per heavy atom. The highest BCUT2D eigenvalue weighted by molar-refractivity contribution is 5.86. The zero-order chi connectivity index (χ0) is 26.5. The van der Waals surface area contributed by atoms with Gasteiger partial charge in [-0.1, -0.05) is 89.1 Å². The van der Waals surface area contributed by atoms with Crippen molar-refractivity contribution in [2.75, 3.05) is 13.6 Å². The number of likely N-dealkylation sites (N-methyl/N-ethyl adjacent to an activating group) is 1. The summed E-state index contributed by atoms with van der Waals surface area (Å²) in [5.74, 6) is 2.88. The van der Waals surface area contributed by atoms with E-state index in [9.17, 15) is 4.79 Å². The predicted molar refractivity (Wildman–Crippen MR) is 147 cm³/mol. The number of nitrogens with one attached hydrogen (secondary N) is 2. The van der Waals surface area contributed by atoms with Crippen molar-refractivity contribution in [3.05, 3.63) is 48.6 Å². The van der Waals surface area contributed by atoms with E-state index in [4.69, 9.17) is 5.11 Å². The van der Waals surface area contributed by atoms with Crippen LogP contribution in [0.25, 0.3) is 0 Å². The lowest BCUT2D eigenvalue weighted by atomic mass is 9.68. The van der Waals surface area contributed by atoms with Gasteiger partial charge in [0.15, 0.2) is 0 Å². The smallest absolute Gasteiger partial charge is 0.233 e. The van der Waals surface area contributed by atoms with E-state index in [1.54, 1.807) is 0 Å². The molecule has 0 bridgehead atoms. The number of hydrogen-bond acceptors (Lipinski definition) is 3. The summed E-state index contributed by atoms with van der Waals surface area (Å²) in [5, 5.41) is 15.7. The van der Waals surface area contributed by atoms with Crippen molar-refractivity contribution in [1.82, 2.24) is 10.6 Å². The van der Waals surface area contributed by atoms with Crippen LogP contribution in [-0.2, 0) is 4.79 Å². The third-order valence-corrected chi connectivity index (χ3v) is 6.18. The van der Waals surface area contributed by atoms with E-state index in [-0.39, 0.29) is 28.2 Å². The number of rotatable bonds is 14. The summed E-state index contributed by atoms with van der Waals surface area (Å²) < 4.78 is 0. The number of hydrogen-bond donors (Lipinski definition) is 3. The predicted octanol–water partition coefficient (Wildman–Crippen LogP) is 6.54. The highest BCUT2D eigenvalue weighted by Gasteiger charge is 2.40. The molecule has 4 nitrogen and oxygen atoms in total. The first-order valence-corrected chi connectivity index (χ1v) is 12.5. The van der Waals surface area contributed by atoms with E-state index in [0.29, 0.717) is 13.0 Å². The Kier molecular flexibility index (Phi) is 13.3. The van der Waals surface area contributed by atoms with Crippen LogP contribution in [0.5, 0.6) is 0 Å². The van der Waals surface area contributed by atoms with Crippen LogP contribution in [-0.4, -0.2) is 30.1 Å². The largest absolute Gasteiger partial charge is 0.462 e. The Morgan fingerprint density at radius 1 is 0.882 bits per heavy atom. The second-order valence-electron chi connectivity index (χ2n) is 11.1. The normalized spacial score (nSPS) is 17.6. The molecule has 0 radical (unpaired) electrons. The fourth-order valence-corrected chi connectivity index (χ4v) is 5.22. The maximum Gasteiger partial charge on any atom is 0.233 e. The van der Waals surface area contributed by atoms with Crippen LogP contribution in [0.15, 0.2) is 48.6 Å². The second-order valence-corrected chi connectivity index (χ2v) is 11.1. The van der Waals surface area contributed by atoms with Crippen LogP contribution in [0.1, 0.15) is 81.6 Å². The van der Waals surface area contributed by atoms with Gasteiger partial charge in [-0.05, 0) is 64.8 Å². The SMILES string of the molecule is CC=CC(C=CC)(CC(C)(C)CNC(=O)C(C=CC)(C=CC)CC(C)(C)CC(C)C#CO)NC. The maximum absolute atomic E-state index is 13.7. The summed E-state index contributed by atoms with van der Waals surface area (Å²) in [6.45, 7) is 19.3. The first-order valence-electron chi connectivity index (χ1n) is 12.5. The molecule has 0 aromatic carbocycles. The van der Waals surface area contributed by atoms with Gasteiger partial charge < -0.3 is 15.7 Å². The minimum atomic E-state index is -0.748. The van der Waals surface area contributed by atoms with Crippen LogP contribution in [0, 0.1) is 34.2 Å². The van der Waals surface area contributed by atoms with Gasteiger partial charge in [0.05, 0.1) is 11.0 Å². The van der Waals surface area contributed by atoms with E-state index >= 15 is 0 Å². The molecule has 0 aromatic heterocycles. The third kappa shape index (κ3) is 10.3. The van der Waals surface area contributed by atoms with Gasteiger partial charge in [-0.25, -0.2) is 0 Å². The van der Waals surface area contributed by atoms with Gasteiger partial charge in [0.25, 0.3) is 0 Å². The first kappa shape index (κ1) is 31.8. The molecule has 192 valence electrons. The van der Waals surface area contributed by atoms with E-state index in [2.05, 4.69) is 68.6 Å². The zero-order valence-corrected chi connectivity index (χ0v) is 23.4. The van der Waals surface area contributed by atoms with Gasteiger partial charge >= 0.3 is 0 Å². The van der Waals surface area contributed by atoms with Crippen LogP contribution in [0.4, 0.5) is 0 Å². The Hall–Kier alpha value is -2.25. The van der Waals surface area contributed by atoms with E-state index in [1.807, 2.05) is 72.1 Å². The van der Waals surface area contributed by atoms with Gasteiger partial charge in [0.1, 0.15) is 6.11 Å². The van der Waals surface area contributed by atoms with E-state index in [0.717, 1.165) is 12.8 Å². The van der Waals surface area contributed by atoms with Gasteiger partial charge in [-0.3, -0.25) is 4.79 Å². The number of aliphatic hydroxyl groups is 1. The lowest BCUT2D eigenvalue weighted by Crippen LogP contribution is -2.48. The number of amides is 1. The van der Waals surface area contributed by atoms with E-state index in [1.165, 1.54) is 0 Å². The lowest BCUT2D eigenvalue weighted by molar-refractivity contribution is -0.128. The molecular weight excluding hydrogens is 420 g/mol. The molecule has 1 atom stereocenters. The molecule has 3 N–H and O–H groups in total. The molecule has 1 amide bonds. The average molecular weight is 471 g/mol. The molecule has 4 heteroatoms. The number of carbonyl (C=O) groups excluding carboxylic acids is 1. The maximum atomic E-state index is 13.7. The molecule has 0 saturated carbocycles. The van der Waals surface area contributed by atoms with Gasteiger partial charge in [-0.2, -0.15) is 0 Å². The molecule has 0 saturated heterocycles. The Morgan fingerprint density at radius 2 is 1.38 bits per heavy atom. The van der Waals surface area contributed by atoms with Crippen LogP contribution >= 0.6 is 0 Å². The van der Waals surface area contributed by atoms with Crippen molar-refractivity contribution < 1.29 is 9.90 Å². The van der Waals surface area contributed by atoms with Crippen LogP contribution in [0.2, 0.25) is 0 Å². The third-order valence-electron chi connectivity index (χ3n) is 6.18. The highest BCUT2D eigenvalue weighted by Crippen LogP contribution is 2.41. The minimum absolute atomic E-state index is 0.0119. The second kappa shape index (κ2) is 14.2. The van der Waals surface area contributed by atoms with Gasteiger partial charge in [-0.15, -0.1) is 0 Å². The number of carbonyl (C=O) groups is 1. The quantitative estimate of drug-likeness (QED) is 0.199. The fourth-order valence-electron chi connectivity index (χ4n) is 5.22. The van der Waals surface area contributed by atoms with Crippen LogP contribution < -0.4 is 10.6 Å². The Balaban J connectivity index is 5.86. The first-order chi connectivity index (χ1) is 15.8. The molecule has 0 heterocycles. The minimum Gasteiger partial charge on any atom is -0.462 e. The van der Waals surface area contributed by atoms with Crippen molar-refractivity contribution in [3.8, 4) is 12.0 Å². The molecule has 0 fully saturated rings. The number of aliphatic hydroxyl groups excluding tert-OH is 1. The summed E-state index contributed by atoms with van der Waals surface area (Å²) in [6.07, 6.45) is 20.7. The van der Waals surface area contributed by atoms with Crippen molar-refractivity contribution in [2.24, 2.45) is 22.2 Å². The Labute approximate surface area is 210 Å². The standard InChI is InChI=1S/C30H50N2O2/c1-11-16-29(17-12-2,22-27(6,7)21-25(5)15-20-33)26(34)32-24-28(8,9)23-30(31-10,18-13-3)19-14-4/h11-14,16-19,25,31,33H,21-24H2,1-10H3,(H,32,34). The summed E-state index contributed by atoms with van der Waals surface area (Å²) >= 11 is 0. The molecule has 0 aliphatic rings. The molecule has 0 aromatic rings. The van der Waals surface area contributed by atoms with E-state index < -0.39 is 5.41 Å². The van der Waals surface area contributed by atoms with Crippen molar-refractivity contribution in [3.63, 3.8) is 0 Å². The van der Waals surface area contributed by atoms with Gasteiger partial charge in [0.2, 0.25) is 5.91 Å². The average Bonchev–Trinajstić information content (AvgIpc) is 2.71. The molecule has 0 aliphatic heterocycles. The Bertz CT molecular complexity index is 779.